The molecule has 1 aliphatic carbocycles. The van der Waals surface area contributed by atoms with Crippen molar-refractivity contribution < 1.29 is 9.53 Å². The van der Waals surface area contributed by atoms with Gasteiger partial charge in [-0.2, -0.15) is 5.10 Å². The minimum atomic E-state index is -0.251. The van der Waals surface area contributed by atoms with Crippen molar-refractivity contribution in [2.24, 2.45) is 5.41 Å². The summed E-state index contributed by atoms with van der Waals surface area (Å²) in [6, 6.07) is 0.306. The average Bonchev–Trinajstić information content (AvgIpc) is 3.23. The van der Waals surface area contributed by atoms with Crippen molar-refractivity contribution in [3.05, 3.63) is 29.1 Å². The molecule has 1 atom stereocenters. The minimum absolute atomic E-state index is 0.251. The molecule has 0 saturated carbocycles. The number of ether oxygens (including phenoxy) is 1. The number of nitrogens with zero attached hydrogens (tertiary/aromatic N) is 4. The van der Waals surface area contributed by atoms with E-state index in [0.717, 1.165) is 57.8 Å². The van der Waals surface area contributed by atoms with Crippen LogP contribution < -0.4 is 0 Å². The van der Waals surface area contributed by atoms with Crippen molar-refractivity contribution >= 4 is 5.91 Å². The van der Waals surface area contributed by atoms with Crippen LogP contribution in [-0.4, -0.2) is 51.8 Å². The predicted molar refractivity (Wildman–Crippen MR) is 104 cm³/mol. The highest BCUT2D eigenvalue weighted by molar-refractivity contribution is 5.83. The van der Waals surface area contributed by atoms with E-state index in [2.05, 4.69) is 47.4 Å². The second-order valence-electron chi connectivity index (χ2n) is 8.73. The zero-order chi connectivity index (χ0) is 19.0. The number of carbonyl (C=O) groups is 1. The van der Waals surface area contributed by atoms with Crippen LogP contribution in [0.1, 0.15) is 63.0 Å². The molecule has 27 heavy (non-hydrogen) atoms. The first kappa shape index (κ1) is 18.7. The number of hydrogen-bond donors (Lipinski definition) is 0. The molecule has 4 rings (SSSR count). The summed E-state index contributed by atoms with van der Waals surface area (Å²) in [6.45, 7) is 12.2. The molecule has 1 fully saturated rings. The van der Waals surface area contributed by atoms with E-state index in [-0.39, 0.29) is 5.41 Å². The summed E-state index contributed by atoms with van der Waals surface area (Å²) in [5.74, 6) is 0.302. The van der Waals surface area contributed by atoms with Gasteiger partial charge in [-0.3, -0.25) is 14.4 Å². The second-order valence-corrected chi connectivity index (χ2v) is 8.73. The van der Waals surface area contributed by atoms with Crippen LogP contribution in [0.3, 0.4) is 0 Å². The Morgan fingerprint density at radius 1 is 1.26 bits per heavy atom. The number of rotatable bonds is 4. The van der Waals surface area contributed by atoms with Gasteiger partial charge in [0.15, 0.2) is 0 Å². The molecule has 0 N–H and O–H groups in total. The van der Waals surface area contributed by atoms with Crippen LogP contribution in [0.2, 0.25) is 0 Å². The van der Waals surface area contributed by atoms with Crippen LogP contribution in [0, 0.1) is 5.41 Å². The molecule has 0 spiro atoms. The molecule has 0 bridgehead atoms. The summed E-state index contributed by atoms with van der Waals surface area (Å²) >= 11 is 0. The van der Waals surface area contributed by atoms with Crippen molar-refractivity contribution in [1.82, 2.24) is 19.6 Å². The Morgan fingerprint density at radius 2 is 2.04 bits per heavy atom. The topological polar surface area (TPSA) is 50.6 Å². The van der Waals surface area contributed by atoms with Crippen molar-refractivity contribution in [3.8, 4) is 0 Å². The van der Waals surface area contributed by atoms with Gasteiger partial charge in [0.2, 0.25) is 5.91 Å². The van der Waals surface area contributed by atoms with Gasteiger partial charge in [-0.1, -0.05) is 19.1 Å². The normalized spacial score (nSPS) is 26.0. The third kappa shape index (κ3) is 3.57. The van der Waals surface area contributed by atoms with Gasteiger partial charge in [0.1, 0.15) is 0 Å². The third-order valence-corrected chi connectivity index (χ3v) is 6.26. The van der Waals surface area contributed by atoms with E-state index >= 15 is 0 Å². The number of carbonyl (C=O) groups excluding carboxylic acids is 1. The zero-order valence-electron chi connectivity index (χ0n) is 16.9. The highest BCUT2D eigenvalue weighted by atomic mass is 16.5. The van der Waals surface area contributed by atoms with Gasteiger partial charge in [-0.05, 0) is 33.1 Å². The van der Waals surface area contributed by atoms with E-state index in [0.29, 0.717) is 25.0 Å². The van der Waals surface area contributed by atoms with E-state index < -0.39 is 0 Å². The maximum atomic E-state index is 13.3. The van der Waals surface area contributed by atoms with Crippen LogP contribution in [0.25, 0.3) is 0 Å². The SMILES string of the molecule is CC(C)n1nc(CN2CCOCC2)c2c1CN(C(=O)C1(C)CC=CCC1)C2. The van der Waals surface area contributed by atoms with Gasteiger partial charge in [0, 0.05) is 37.8 Å². The van der Waals surface area contributed by atoms with E-state index in [4.69, 9.17) is 9.84 Å². The van der Waals surface area contributed by atoms with Gasteiger partial charge in [0.25, 0.3) is 0 Å². The Labute approximate surface area is 162 Å². The smallest absolute Gasteiger partial charge is 0.229 e. The first-order chi connectivity index (χ1) is 13.0. The van der Waals surface area contributed by atoms with Gasteiger partial charge >= 0.3 is 0 Å². The summed E-state index contributed by atoms with van der Waals surface area (Å²) in [5, 5.41) is 4.93. The Balaban J connectivity index is 1.55. The lowest BCUT2D eigenvalue weighted by atomic mass is 9.78. The molecule has 1 aromatic heterocycles. The Morgan fingerprint density at radius 3 is 2.70 bits per heavy atom. The number of amides is 1. The van der Waals surface area contributed by atoms with Crippen LogP contribution >= 0.6 is 0 Å². The fraction of sp³-hybridized carbons (Fsp3) is 0.714. The highest BCUT2D eigenvalue weighted by Crippen LogP contribution is 2.38. The Kier molecular flexibility index (Phi) is 5.12. The van der Waals surface area contributed by atoms with Crippen LogP contribution in [0.15, 0.2) is 12.2 Å². The Bertz CT molecular complexity index is 733. The standard InChI is InChI=1S/C21H32N4O2/c1-16(2)25-19-15-24(20(26)21(3)7-5-4-6-8-21)13-17(19)18(22-25)14-23-9-11-27-12-10-23/h4-5,16H,6-15H2,1-3H3. The predicted octanol–water partition coefficient (Wildman–Crippen LogP) is 2.88. The Hall–Kier alpha value is -1.66. The monoisotopic (exact) mass is 372 g/mol. The molecule has 1 saturated heterocycles. The summed E-state index contributed by atoms with van der Waals surface area (Å²) in [4.78, 5) is 17.8. The fourth-order valence-corrected chi connectivity index (χ4v) is 4.54. The van der Waals surface area contributed by atoms with Gasteiger partial charge in [0.05, 0.1) is 36.6 Å². The molecule has 0 aromatic carbocycles. The first-order valence-corrected chi connectivity index (χ1v) is 10.3. The van der Waals surface area contributed by atoms with Gasteiger partial charge < -0.3 is 9.64 Å². The number of aromatic nitrogens is 2. The number of allylic oxidation sites excluding steroid dienone is 2. The highest BCUT2D eigenvalue weighted by Gasteiger charge is 2.40. The number of morpholine rings is 1. The van der Waals surface area contributed by atoms with Crippen LogP contribution in [0.4, 0.5) is 0 Å². The molecule has 2 aliphatic heterocycles. The maximum Gasteiger partial charge on any atom is 0.229 e. The van der Waals surface area contributed by atoms with Crippen molar-refractivity contribution in [2.75, 3.05) is 26.3 Å². The maximum absolute atomic E-state index is 13.3. The molecule has 3 heterocycles. The van der Waals surface area contributed by atoms with Crippen molar-refractivity contribution in [1.29, 1.82) is 0 Å². The zero-order valence-corrected chi connectivity index (χ0v) is 16.9. The van der Waals surface area contributed by atoms with E-state index in [1.807, 2.05) is 0 Å². The number of fused-ring (bicyclic) bond motifs is 1. The lowest BCUT2D eigenvalue weighted by molar-refractivity contribution is -0.142. The van der Waals surface area contributed by atoms with E-state index in [1.165, 1.54) is 11.3 Å². The first-order valence-electron chi connectivity index (χ1n) is 10.3. The third-order valence-electron chi connectivity index (χ3n) is 6.26. The summed E-state index contributed by atoms with van der Waals surface area (Å²) in [6.07, 6.45) is 7.18. The molecule has 0 radical (unpaired) electrons. The van der Waals surface area contributed by atoms with E-state index in [1.54, 1.807) is 0 Å². The average molecular weight is 373 g/mol. The minimum Gasteiger partial charge on any atom is -0.379 e. The lowest BCUT2D eigenvalue weighted by Crippen LogP contribution is -2.40. The molecular weight excluding hydrogens is 340 g/mol. The molecule has 1 aromatic rings. The van der Waals surface area contributed by atoms with E-state index in [9.17, 15) is 4.79 Å². The molecule has 1 amide bonds. The molecule has 1 unspecified atom stereocenters. The fourth-order valence-electron chi connectivity index (χ4n) is 4.54. The summed E-state index contributed by atoms with van der Waals surface area (Å²) in [7, 11) is 0. The quantitative estimate of drug-likeness (QED) is 0.763. The van der Waals surface area contributed by atoms with Crippen LogP contribution in [-0.2, 0) is 29.2 Å². The molecule has 3 aliphatic rings. The van der Waals surface area contributed by atoms with Crippen molar-refractivity contribution in [3.63, 3.8) is 0 Å². The lowest BCUT2D eigenvalue weighted by Gasteiger charge is -2.33. The molecule has 6 heteroatoms. The second kappa shape index (κ2) is 7.40. The summed E-state index contributed by atoms with van der Waals surface area (Å²) in [5.41, 5.74) is 3.40. The van der Waals surface area contributed by atoms with Crippen LogP contribution in [0.5, 0.6) is 0 Å². The molecule has 148 valence electrons. The van der Waals surface area contributed by atoms with Gasteiger partial charge in [-0.15, -0.1) is 0 Å². The summed E-state index contributed by atoms with van der Waals surface area (Å²) < 4.78 is 7.61. The molecular formula is C21H32N4O2. The number of hydrogen-bond acceptors (Lipinski definition) is 4. The van der Waals surface area contributed by atoms with Gasteiger partial charge in [-0.25, -0.2) is 0 Å². The largest absolute Gasteiger partial charge is 0.379 e. The van der Waals surface area contributed by atoms with Crippen molar-refractivity contribution in [2.45, 2.75) is 65.7 Å². The molecule has 6 nitrogen and oxygen atoms in total.